The SMILES string of the molecule is Cc1cc(Br)cc(C)c1NC(=O)C(C)C#N. The monoisotopic (exact) mass is 280 g/mol. The molecular formula is C12H13BrN2O. The van der Waals surface area contributed by atoms with E-state index in [-0.39, 0.29) is 5.91 Å². The van der Waals surface area contributed by atoms with E-state index in [1.807, 2.05) is 32.0 Å². The number of hydrogen-bond donors (Lipinski definition) is 1. The summed E-state index contributed by atoms with van der Waals surface area (Å²) in [5, 5.41) is 11.4. The highest BCUT2D eigenvalue weighted by atomic mass is 79.9. The number of nitrogens with zero attached hydrogens (tertiary/aromatic N) is 1. The first-order valence-corrected chi connectivity index (χ1v) is 5.72. The van der Waals surface area contributed by atoms with Crippen molar-refractivity contribution in [3.05, 3.63) is 27.7 Å². The van der Waals surface area contributed by atoms with Crippen LogP contribution >= 0.6 is 15.9 Å². The molecule has 1 N–H and O–H groups in total. The molecule has 1 amide bonds. The van der Waals surface area contributed by atoms with Crippen LogP contribution in [0.25, 0.3) is 0 Å². The van der Waals surface area contributed by atoms with E-state index >= 15 is 0 Å². The standard InChI is InChI=1S/C12H13BrN2O/c1-7-4-10(13)5-8(2)11(7)15-12(16)9(3)6-14/h4-5,9H,1-3H3,(H,15,16). The minimum Gasteiger partial charge on any atom is -0.324 e. The molecule has 1 aromatic carbocycles. The summed E-state index contributed by atoms with van der Waals surface area (Å²) in [7, 11) is 0. The van der Waals surface area contributed by atoms with Crippen molar-refractivity contribution in [3.63, 3.8) is 0 Å². The molecule has 0 heterocycles. The fourth-order valence-electron chi connectivity index (χ4n) is 1.40. The summed E-state index contributed by atoms with van der Waals surface area (Å²) in [5.74, 6) is -0.904. The molecule has 0 spiro atoms. The molecule has 0 aliphatic rings. The van der Waals surface area contributed by atoms with Gasteiger partial charge in [-0.05, 0) is 44.0 Å². The molecule has 0 aliphatic heterocycles. The van der Waals surface area contributed by atoms with Gasteiger partial charge in [0.25, 0.3) is 0 Å². The van der Waals surface area contributed by atoms with Gasteiger partial charge in [0.15, 0.2) is 0 Å². The number of nitriles is 1. The highest BCUT2D eigenvalue weighted by Crippen LogP contribution is 2.25. The van der Waals surface area contributed by atoms with Crippen molar-refractivity contribution >= 4 is 27.5 Å². The molecule has 0 fully saturated rings. The van der Waals surface area contributed by atoms with Gasteiger partial charge in [0.1, 0.15) is 5.92 Å². The molecule has 1 unspecified atom stereocenters. The highest BCUT2D eigenvalue weighted by Gasteiger charge is 2.14. The van der Waals surface area contributed by atoms with Crippen LogP contribution in [-0.2, 0) is 4.79 Å². The molecule has 84 valence electrons. The van der Waals surface area contributed by atoms with E-state index in [1.54, 1.807) is 6.92 Å². The molecule has 1 aromatic rings. The predicted octanol–water partition coefficient (Wildman–Crippen LogP) is 3.16. The number of halogens is 1. The van der Waals surface area contributed by atoms with E-state index in [0.717, 1.165) is 21.3 Å². The average Bonchev–Trinajstić information content (AvgIpc) is 2.21. The van der Waals surface area contributed by atoms with Crippen LogP contribution in [0, 0.1) is 31.1 Å². The molecule has 4 heteroatoms. The third-order valence-electron chi connectivity index (χ3n) is 2.33. The van der Waals surface area contributed by atoms with E-state index in [0.29, 0.717) is 0 Å². The molecule has 1 rings (SSSR count). The smallest absolute Gasteiger partial charge is 0.241 e. The van der Waals surface area contributed by atoms with Gasteiger partial charge in [-0.3, -0.25) is 4.79 Å². The number of hydrogen-bond acceptors (Lipinski definition) is 2. The zero-order chi connectivity index (χ0) is 12.3. The van der Waals surface area contributed by atoms with Gasteiger partial charge < -0.3 is 5.32 Å². The lowest BCUT2D eigenvalue weighted by Crippen LogP contribution is -2.20. The summed E-state index contributed by atoms with van der Waals surface area (Å²) < 4.78 is 0.980. The number of benzene rings is 1. The van der Waals surface area contributed by atoms with Crippen LogP contribution in [0.15, 0.2) is 16.6 Å². The minimum atomic E-state index is -0.637. The second-order valence-electron chi connectivity index (χ2n) is 3.75. The summed E-state index contributed by atoms with van der Waals surface area (Å²) in [6.45, 7) is 5.42. The van der Waals surface area contributed by atoms with Gasteiger partial charge >= 0.3 is 0 Å². The largest absolute Gasteiger partial charge is 0.324 e. The molecule has 0 saturated heterocycles. The maximum absolute atomic E-state index is 11.6. The number of anilines is 1. The van der Waals surface area contributed by atoms with Gasteiger partial charge in [-0.1, -0.05) is 15.9 Å². The molecule has 0 aromatic heterocycles. The van der Waals surface area contributed by atoms with Crippen LogP contribution < -0.4 is 5.32 Å². The Labute approximate surface area is 104 Å². The Morgan fingerprint density at radius 3 is 2.38 bits per heavy atom. The Kier molecular flexibility index (Phi) is 4.08. The van der Waals surface area contributed by atoms with E-state index in [2.05, 4.69) is 21.2 Å². The van der Waals surface area contributed by atoms with Crippen LogP contribution in [0.3, 0.4) is 0 Å². The number of carbonyl (C=O) groups is 1. The Hall–Kier alpha value is -1.34. The fourth-order valence-corrected chi connectivity index (χ4v) is 2.08. The van der Waals surface area contributed by atoms with Gasteiger partial charge in [-0.25, -0.2) is 0 Å². The quantitative estimate of drug-likeness (QED) is 0.905. The molecule has 0 saturated carbocycles. The van der Waals surface area contributed by atoms with Gasteiger partial charge in [-0.2, -0.15) is 5.26 Å². The normalized spacial score (nSPS) is 11.7. The van der Waals surface area contributed by atoms with Crippen molar-refractivity contribution in [2.75, 3.05) is 5.32 Å². The van der Waals surface area contributed by atoms with Crippen molar-refractivity contribution in [3.8, 4) is 6.07 Å². The molecule has 16 heavy (non-hydrogen) atoms. The summed E-state index contributed by atoms with van der Waals surface area (Å²) in [6, 6.07) is 5.77. The van der Waals surface area contributed by atoms with Crippen LogP contribution in [0.4, 0.5) is 5.69 Å². The third-order valence-corrected chi connectivity index (χ3v) is 2.79. The Bertz CT molecular complexity index is 440. The summed E-state index contributed by atoms with van der Waals surface area (Å²) in [6.07, 6.45) is 0. The number of nitrogens with one attached hydrogen (secondary N) is 1. The number of carbonyl (C=O) groups excluding carboxylic acids is 1. The van der Waals surface area contributed by atoms with Crippen molar-refractivity contribution in [2.45, 2.75) is 20.8 Å². The number of amides is 1. The van der Waals surface area contributed by atoms with Gasteiger partial charge in [0.2, 0.25) is 5.91 Å². The first kappa shape index (κ1) is 12.7. The van der Waals surface area contributed by atoms with Crippen molar-refractivity contribution < 1.29 is 4.79 Å². The maximum Gasteiger partial charge on any atom is 0.241 e. The Morgan fingerprint density at radius 1 is 1.44 bits per heavy atom. The van der Waals surface area contributed by atoms with Crippen molar-refractivity contribution in [1.82, 2.24) is 0 Å². The average molecular weight is 281 g/mol. The second kappa shape index (κ2) is 5.13. The zero-order valence-corrected chi connectivity index (χ0v) is 11.1. The van der Waals surface area contributed by atoms with Crippen LogP contribution in [0.2, 0.25) is 0 Å². The van der Waals surface area contributed by atoms with E-state index < -0.39 is 5.92 Å². The lowest BCUT2D eigenvalue weighted by atomic mass is 10.1. The molecular weight excluding hydrogens is 268 g/mol. The van der Waals surface area contributed by atoms with E-state index in [4.69, 9.17) is 5.26 Å². The molecule has 1 atom stereocenters. The first-order chi connectivity index (χ1) is 7.45. The highest BCUT2D eigenvalue weighted by molar-refractivity contribution is 9.10. The topological polar surface area (TPSA) is 52.9 Å². The molecule has 0 bridgehead atoms. The van der Waals surface area contributed by atoms with Crippen molar-refractivity contribution in [2.24, 2.45) is 5.92 Å². The second-order valence-corrected chi connectivity index (χ2v) is 4.67. The maximum atomic E-state index is 11.6. The Morgan fingerprint density at radius 2 is 1.94 bits per heavy atom. The number of aryl methyl sites for hydroxylation is 2. The van der Waals surface area contributed by atoms with E-state index in [9.17, 15) is 4.79 Å². The van der Waals surface area contributed by atoms with Gasteiger partial charge in [0, 0.05) is 10.2 Å². The van der Waals surface area contributed by atoms with Gasteiger partial charge in [-0.15, -0.1) is 0 Å². The van der Waals surface area contributed by atoms with Crippen LogP contribution in [0.1, 0.15) is 18.1 Å². The predicted molar refractivity (Wildman–Crippen MR) is 67.0 cm³/mol. The third kappa shape index (κ3) is 2.83. The van der Waals surface area contributed by atoms with E-state index in [1.165, 1.54) is 0 Å². The fraction of sp³-hybridized carbons (Fsp3) is 0.333. The summed E-state index contributed by atoms with van der Waals surface area (Å²) in [4.78, 5) is 11.6. The Balaban J connectivity index is 2.99. The van der Waals surface area contributed by atoms with Crippen molar-refractivity contribution in [1.29, 1.82) is 5.26 Å². The summed E-state index contributed by atoms with van der Waals surface area (Å²) >= 11 is 3.39. The molecule has 0 aliphatic carbocycles. The van der Waals surface area contributed by atoms with Crippen LogP contribution in [-0.4, -0.2) is 5.91 Å². The zero-order valence-electron chi connectivity index (χ0n) is 9.47. The minimum absolute atomic E-state index is 0.268. The lowest BCUT2D eigenvalue weighted by molar-refractivity contribution is -0.117. The first-order valence-electron chi connectivity index (χ1n) is 4.93. The van der Waals surface area contributed by atoms with Gasteiger partial charge in [0.05, 0.1) is 6.07 Å². The molecule has 3 nitrogen and oxygen atoms in total. The number of rotatable bonds is 2. The molecule has 0 radical (unpaired) electrons. The summed E-state index contributed by atoms with van der Waals surface area (Å²) in [5.41, 5.74) is 2.74. The van der Waals surface area contributed by atoms with Crippen LogP contribution in [0.5, 0.6) is 0 Å². The lowest BCUT2D eigenvalue weighted by Gasteiger charge is -2.12.